The van der Waals surface area contributed by atoms with E-state index in [4.69, 9.17) is 4.74 Å². The van der Waals surface area contributed by atoms with E-state index >= 15 is 0 Å². The SMILES string of the molecule is CCN(C(=O)c1cc(F)ccc1Oc1cncnn1)C(C)C. The summed E-state index contributed by atoms with van der Waals surface area (Å²) in [5, 5.41) is 7.34. The number of nitrogens with zero attached hydrogens (tertiary/aromatic N) is 4. The number of benzene rings is 1. The summed E-state index contributed by atoms with van der Waals surface area (Å²) in [6, 6.07) is 3.77. The lowest BCUT2D eigenvalue weighted by atomic mass is 10.1. The smallest absolute Gasteiger partial charge is 0.257 e. The summed E-state index contributed by atoms with van der Waals surface area (Å²) in [5.74, 6) is -0.458. The van der Waals surface area contributed by atoms with Crippen molar-refractivity contribution in [3.05, 3.63) is 42.1 Å². The predicted molar refractivity (Wildman–Crippen MR) is 78.1 cm³/mol. The van der Waals surface area contributed by atoms with Crippen molar-refractivity contribution in [2.75, 3.05) is 6.54 Å². The molecule has 0 saturated heterocycles. The molecule has 22 heavy (non-hydrogen) atoms. The number of aromatic nitrogens is 3. The Hall–Kier alpha value is -2.57. The summed E-state index contributed by atoms with van der Waals surface area (Å²) in [7, 11) is 0. The van der Waals surface area contributed by atoms with Crippen molar-refractivity contribution in [3.8, 4) is 11.6 Å². The number of hydrogen-bond acceptors (Lipinski definition) is 5. The van der Waals surface area contributed by atoms with E-state index in [2.05, 4.69) is 15.2 Å². The molecule has 2 aromatic rings. The molecule has 6 nitrogen and oxygen atoms in total. The summed E-state index contributed by atoms with van der Waals surface area (Å²) in [4.78, 5) is 18.0. The predicted octanol–water partition coefficient (Wildman–Crippen LogP) is 2.67. The Labute approximate surface area is 128 Å². The van der Waals surface area contributed by atoms with E-state index in [9.17, 15) is 9.18 Å². The molecule has 0 bridgehead atoms. The van der Waals surface area contributed by atoms with E-state index in [0.29, 0.717) is 6.54 Å². The van der Waals surface area contributed by atoms with Gasteiger partial charge in [0.05, 0.1) is 11.8 Å². The molecule has 1 amide bonds. The van der Waals surface area contributed by atoms with Crippen LogP contribution in [0.4, 0.5) is 4.39 Å². The van der Waals surface area contributed by atoms with Crippen molar-refractivity contribution in [1.82, 2.24) is 20.1 Å². The third-order valence-electron chi connectivity index (χ3n) is 3.07. The quantitative estimate of drug-likeness (QED) is 0.849. The van der Waals surface area contributed by atoms with Crippen molar-refractivity contribution >= 4 is 5.91 Å². The van der Waals surface area contributed by atoms with Crippen molar-refractivity contribution in [1.29, 1.82) is 0 Å². The van der Waals surface area contributed by atoms with Gasteiger partial charge in [-0.1, -0.05) is 0 Å². The topological polar surface area (TPSA) is 68.2 Å². The second kappa shape index (κ2) is 6.93. The fraction of sp³-hybridized carbons (Fsp3) is 0.333. The zero-order chi connectivity index (χ0) is 16.1. The van der Waals surface area contributed by atoms with Gasteiger partial charge in [0.25, 0.3) is 11.8 Å². The molecular formula is C15H17FN4O2. The van der Waals surface area contributed by atoms with Gasteiger partial charge in [0.15, 0.2) is 0 Å². The molecule has 0 radical (unpaired) electrons. The van der Waals surface area contributed by atoms with Gasteiger partial charge in [-0.3, -0.25) is 4.79 Å². The number of rotatable bonds is 5. The van der Waals surface area contributed by atoms with E-state index in [0.717, 1.165) is 6.07 Å². The Bertz CT molecular complexity index is 649. The molecule has 2 rings (SSSR count). The fourth-order valence-electron chi connectivity index (χ4n) is 2.05. The summed E-state index contributed by atoms with van der Waals surface area (Å²) < 4.78 is 19.1. The number of hydrogen-bond donors (Lipinski definition) is 0. The summed E-state index contributed by atoms with van der Waals surface area (Å²) in [6.07, 6.45) is 2.63. The first kappa shape index (κ1) is 15.8. The van der Waals surface area contributed by atoms with Crippen molar-refractivity contribution in [3.63, 3.8) is 0 Å². The normalized spacial score (nSPS) is 10.6. The largest absolute Gasteiger partial charge is 0.436 e. The van der Waals surface area contributed by atoms with E-state index in [1.807, 2.05) is 20.8 Å². The number of amides is 1. The standard InChI is InChI=1S/C15H17FN4O2/c1-4-20(10(2)3)15(21)12-7-11(16)5-6-13(12)22-14-8-17-9-18-19-14/h5-10H,4H2,1-3H3. The molecule has 0 fully saturated rings. The average molecular weight is 304 g/mol. The van der Waals surface area contributed by atoms with Gasteiger partial charge in [-0.05, 0) is 39.0 Å². The van der Waals surface area contributed by atoms with Crippen LogP contribution in [0.25, 0.3) is 0 Å². The monoisotopic (exact) mass is 304 g/mol. The first-order valence-electron chi connectivity index (χ1n) is 6.94. The van der Waals surface area contributed by atoms with Gasteiger partial charge in [0.1, 0.15) is 17.9 Å². The molecule has 1 heterocycles. The molecule has 0 N–H and O–H groups in total. The maximum absolute atomic E-state index is 13.5. The minimum atomic E-state index is -0.507. The van der Waals surface area contributed by atoms with Crippen LogP contribution in [0.2, 0.25) is 0 Å². The van der Waals surface area contributed by atoms with E-state index in [-0.39, 0.29) is 29.1 Å². The third kappa shape index (κ3) is 3.55. The number of halogens is 1. The Balaban J connectivity index is 2.37. The van der Waals surface area contributed by atoms with Crippen LogP contribution in [-0.2, 0) is 0 Å². The minimum absolute atomic E-state index is 0.00759. The van der Waals surface area contributed by atoms with Gasteiger partial charge in [-0.25, -0.2) is 9.37 Å². The summed E-state index contributed by atoms with van der Waals surface area (Å²) >= 11 is 0. The highest BCUT2D eigenvalue weighted by molar-refractivity contribution is 5.97. The molecule has 0 spiro atoms. The number of carbonyl (C=O) groups excluding carboxylic acids is 1. The summed E-state index contributed by atoms with van der Waals surface area (Å²) in [5.41, 5.74) is 0.140. The van der Waals surface area contributed by atoms with Crippen LogP contribution in [0.5, 0.6) is 11.6 Å². The Morgan fingerprint density at radius 2 is 2.18 bits per heavy atom. The molecule has 1 aromatic heterocycles. The maximum atomic E-state index is 13.5. The van der Waals surface area contributed by atoms with Crippen LogP contribution in [0.3, 0.4) is 0 Å². The molecule has 0 saturated carbocycles. The molecule has 0 unspecified atom stereocenters. The van der Waals surface area contributed by atoms with Gasteiger partial charge >= 0.3 is 0 Å². The highest BCUT2D eigenvalue weighted by Crippen LogP contribution is 2.26. The first-order chi connectivity index (χ1) is 10.5. The van der Waals surface area contributed by atoms with Gasteiger partial charge in [-0.15, -0.1) is 10.2 Å². The minimum Gasteiger partial charge on any atom is -0.436 e. The summed E-state index contributed by atoms with van der Waals surface area (Å²) in [6.45, 7) is 6.17. The maximum Gasteiger partial charge on any atom is 0.257 e. The van der Waals surface area contributed by atoms with Crippen LogP contribution in [0, 0.1) is 5.82 Å². The fourth-order valence-corrected chi connectivity index (χ4v) is 2.05. The lowest BCUT2D eigenvalue weighted by Gasteiger charge is -2.26. The van der Waals surface area contributed by atoms with E-state index < -0.39 is 5.82 Å². The number of carbonyl (C=O) groups is 1. The molecule has 0 aliphatic rings. The Morgan fingerprint density at radius 3 is 2.77 bits per heavy atom. The van der Waals surface area contributed by atoms with Crippen LogP contribution in [0.15, 0.2) is 30.7 Å². The average Bonchev–Trinajstić information content (AvgIpc) is 2.50. The van der Waals surface area contributed by atoms with Gasteiger partial charge < -0.3 is 9.64 Å². The van der Waals surface area contributed by atoms with Crippen molar-refractivity contribution < 1.29 is 13.9 Å². The Morgan fingerprint density at radius 1 is 1.41 bits per heavy atom. The van der Waals surface area contributed by atoms with Crippen molar-refractivity contribution in [2.45, 2.75) is 26.8 Å². The zero-order valence-corrected chi connectivity index (χ0v) is 12.7. The molecular weight excluding hydrogens is 287 g/mol. The molecule has 0 aliphatic heterocycles. The zero-order valence-electron chi connectivity index (χ0n) is 12.7. The molecule has 7 heteroatoms. The molecule has 1 aromatic carbocycles. The second-order valence-electron chi connectivity index (χ2n) is 4.87. The van der Waals surface area contributed by atoms with Gasteiger partial charge in [0, 0.05) is 12.6 Å². The highest BCUT2D eigenvalue weighted by Gasteiger charge is 2.22. The lowest BCUT2D eigenvalue weighted by Crippen LogP contribution is -2.36. The van der Waals surface area contributed by atoms with Crippen LogP contribution < -0.4 is 4.74 Å². The van der Waals surface area contributed by atoms with Crippen LogP contribution in [0.1, 0.15) is 31.1 Å². The lowest BCUT2D eigenvalue weighted by molar-refractivity contribution is 0.0713. The molecule has 0 atom stereocenters. The van der Waals surface area contributed by atoms with E-state index in [1.54, 1.807) is 4.90 Å². The van der Waals surface area contributed by atoms with Gasteiger partial charge in [-0.2, -0.15) is 0 Å². The Kier molecular flexibility index (Phi) is 4.98. The molecule has 0 aliphatic carbocycles. The van der Waals surface area contributed by atoms with Crippen molar-refractivity contribution in [2.24, 2.45) is 0 Å². The second-order valence-corrected chi connectivity index (χ2v) is 4.87. The molecule has 116 valence electrons. The van der Waals surface area contributed by atoms with Crippen LogP contribution >= 0.6 is 0 Å². The van der Waals surface area contributed by atoms with E-state index in [1.165, 1.54) is 24.7 Å². The third-order valence-corrected chi connectivity index (χ3v) is 3.07. The number of ether oxygens (including phenoxy) is 1. The first-order valence-corrected chi connectivity index (χ1v) is 6.94. The van der Waals surface area contributed by atoms with Crippen LogP contribution in [-0.4, -0.2) is 38.6 Å². The highest BCUT2D eigenvalue weighted by atomic mass is 19.1. The van der Waals surface area contributed by atoms with Gasteiger partial charge in [0.2, 0.25) is 0 Å².